The molecule has 0 aliphatic rings. The fourth-order valence-electron chi connectivity index (χ4n) is 1.43. The van der Waals surface area contributed by atoms with Gasteiger partial charge in [-0.1, -0.05) is 6.07 Å². The van der Waals surface area contributed by atoms with Crippen LogP contribution in [-0.4, -0.2) is 21.7 Å². The van der Waals surface area contributed by atoms with Crippen molar-refractivity contribution in [3.63, 3.8) is 0 Å². The number of nitrogens with one attached hydrogen (secondary N) is 1. The van der Waals surface area contributed by atoms with E-state index in [1.54, 1.807) is 33.8 Å². The molecule has 1 unspecified atom stereocenters. The van der Waals surface area contributed by atoms with E-state index in [2.05, 4.69) is 5.32 Å². The number of alkyl halides is 1. The molecule has 0 aromatic heterocycles. The van der Waals surface area contributed by atoms with Gasteiger partial charge in [-0.15, -0.1) is 11.6 Å². The molecule has 0 bridgehead atoms. The SMILES string of the molecule is Cc1ccc([N+](=O)[O-])cc1C(=O)NC(C)(C)C(C)Cl. The second-order valence-corrected chi connectivity index (χ2v) is 5.70. The van der Waals surface area contributed by atoms with Crippen molar-refractivity contribution in [1.82, 2.24) is 5.32 Å². The minimum absolute atomic E-state index is 0.104. The number of carbonyl (C=O) groups excluding carboxylic acids is 1. The van der Waals surface area contributed by atoms with Gasteiger partial charge < -0.3 is 5.32 Å². The summed E-state index contributed by atoms with van der Waals surface area (Å²) in [4.78, 5) is 22.4. The van der Waals surface area contributed by atoms with Crippen molar-refractivity contribution in [1.29, 1.82) is 0 Å². The van der Waals surface area contributed by atoms with Crippen LogP contribution in [0.1, 0.15) is 36.7 Å². The summed E-state index contributed by atoms with van der Waals surface area (Å²) >= 11 is 6.00. The number of aryl methyl sites for hydroxylation is 1. The normalized spacial score (nSPS) is 12.9. The predicted octanol–water partition coefficient (Wildman–Crippen LogP) is 3.04. The van der Waals surface area contributed by atoms with Crippen molar-refractivity contribution in [2.75, 3.05) is 0 Å². The molecular formula is C13H17ClN2O3. The molecule has 1 aromatic carbocycles. The molecule has 0 spiro atoms. The molecular weight excluding hydrogens is 268 g/mol. The van der Waals surface area contributed by atoms with E-state index in [0.29, 0.717) is 11.1 Å². The molecule has 1 amide bonds. The highest BCUT2D eigenvalue weighted by Crippen LogP contribution is 2.20. The maximum absolute atomic E-state index is 12.2. The highest BCUT2D eigenvalue weighted by Gasteiger charge is 2.27. The molecule has 0 saturated carbocycles. The minimum Gasteiger partial charge on any atom is -0.346 e. The number of amides is 1. The summed E-state index contributed by atoms with van der Waals surface area (Å²) < 4.78 is 0. The molecule has 0 saturated heterocycles. The van der Waals surface area contributed by atoms with Crippen molar-refractivity contribution in [3.8, 4) is 0 Å². The van der Waals surface area contributed by atoms with Crippen molar-refractivity contribution >= 4 is 23.2 Å². The van der Waals surface area contributed by atoms with Gasteiger partial charge in [0.05, 0.1) is 15.8 Å². The number of non-ortho nitro benzene ring substituents is 1. The van der Waals surface area contributed by atoms with Crippen LogP contribution in [0, 0.1) is 17.0 Å². The first kappa shape index (κ1) is 15.4. The third kappa shape index (κ3) is 3.67. The maximum atomic E-state index is 12.2. The smallest absolute Gasteiger partial charge is 0.270 e. The summed E-state index contributed by atoms with van der Waals surface area (Å²) in [5.74, 6) is -0.362. The van der Waals surface area contributed by atoms with Crippen molar-refractivity contribution in [3.05, 3.63) is 39.4 Å². The van der Waals surface area contributed by atoms with Gasteiger partial charge in [0, 0.05) is 17.7 Å². The van der Waals surface area contributed by atoms with E-state index in [1.165, 1.54) is 12.1 Å². The van der Waals surface area contributed by atoms with Gasteiger partial charge in [-0.2, -0.15) is 0 Å². The van der Waals surface area contributed by atoms with Gasteiger partial charge in [0.1, 0.15) is 0 Å². The molecule has 1 rings (SSSR count). The number of halogens is 1. The fraction of sp³-hybridized carbons (Fsp3) is 0.462. The van der Waals surface area contributed by atoms with E-state index < -0.39 is 10.5 Å². The second kappa shape index (κ2) is 5.57. The highest BCUT2D eigenvalue weighted by molar-refractivity contribution is 6.21. The van der Waals surface area contributed by atoms with Crippen molar-refractivity contribution in [2.24, 2.45) is 0 Å². The van der Waals surface area contributed by atoms with E-state index in [9.17, 15) is 14.9 Å². The molecule has 19 heavy (non-hydrogen) atoms. The molecule has 104 valence electrons. The fourth-order valence-corrected chi connectivity index (χ4v) is 1.48. The molecule has 1 atom stereocenters. The van der Waals surface area contributed by atoms with Gasteiger partial charge in [0.15, 0.2) is 0 Å². The first-order valence-electron chi connectivity index (χ1n) is 5.87. The first-order chi connectivity index (χ1) is 8.65. The Morgan fingerprint density at radius 1 is 1.47 bits per heavy atom. The highest BCUT2D eigenvalue weighted by atomic mass is 35.5. The molecule has 1 aromatic rings. The molecule has 1 N–H and O–H groups in total. The lowest BCUT2D eigenvalue weighted by atomic mass is 9.99. The summed E-state index contributed by atoms with van der Waals surface area (Å²) in [5.41, 5.74) is 0.267. The lowest BCUT2D eigenvalue weighted by Crippen LogP contribution is -2.49. The third-order valence-electron chi connectivity index (χ3n) is 3.11. The van der Waals surface area contributed by atoms with Gasteiger partial charge in [0.25, 0.3) is 11.6 Å². The van der Waals surface area contributed by atoms with Gasteiger partial charge in [-0.05, 0) is 33.3 Å². The zero-order chi connectivity index (χ0) is 14.8. The topological polar surface area (TPSA) is 72.2 Å². The van der Waals surface area contributed by atoms with Gasteiger partial charge in [0.2, 0.25) is 0 Å². The van der Waals surface area contributed by atoms with Crippen LogP contribution < -0.4 is 5.32 Å². The Bertz CT molecular complexity index is 513. The largest absolute Gasteiger partial charge is 0.346 e. The summed E-state index contributed by atoms with van der Waals surface area (Å²) in [6.07, 6.45) is 0. The number of rotatable bonds is 4. The van der Waals surface area contributed by atoms with E-state index in [4.69, 9.17) is 11.6 Å². The Morgan fingerprint density at radius 2 is 2.05 bits per heavy atom. The number of hydrogen-bond acceptors (Lipinski definition) is 3. The van der Waals surface area contributed by atoms with Crippen molar-refractivity contribution < 1.29 is 9.72 Å². The van der Waals surface area contributed by atoms with Crippen LogP contribution in [-0.2, 0) is 0 Å². The van der Waals surface area contributed by atoms with Gasteiger partial charge >= 0.3 is 0 Å². The summed E-state index contributed by atoms with van der Waals surface area (Å²) in [7, 11) is 0. The van der Waals surface area contributed by atoms with Crippen LogP contribution >= 0.6 is 11.6 Å². The standard InChI is InChI=1S/C13H17ClN2O3/c1-8-5-6-10(16(18)19)7-11(8)12(17)15-13(3,4)9(2)14/h5-7,9H,1-4H3,(H,15,17). The Labute approximate surface area is 117 Å². The molecule has 0 aliphatic heterocycles. The summed E-state index contributed by atoms with van der Waals surface area (Å²) in [6.45, 7) is 7.11. The maximum Gasteiger partial charge on any atom is 0.270 e. The number of nitro benzene ring substituents is 1. The lowest BCUT2D eigenvalue weighted by molar-refractivity contribution is -0.384. The number of nitro groups is 1. The van der Waals surface area contributed by atoms with Crippen LogP contribution in [0.25, 0.3) is 0 Å². The lowest BCUT2D eigenvalue weighted by Gasteiger charge is -2.29. The Balaban J connectivity index is 3.06. The molecule has 5 nitrogen and oxygen atoms in total. The number of carbonyl (C=O) groups is 1. The van der Waals surface area contributed by atoms with Gasteiger partial charge in [-0.25, -0.2) is 0 Å². The number of benzene rings is 1. The Kier molecular flexibility index (Phi) is 4.52. The van der Waals surface area contributed by atoms with Crippen molar-refractivity contribution in [2.45, 2.75) is 38.6 Å². The van der Waals surface area contributed by atoms with Gasteiger partial charge in [-0.3, -0.25) is 14.9 Å². The zero-order valence-electron chi connectivity index (χ0n) is 11.4. The molecule has 6 heteroatoms. The monoisotopic (exact) mass is 284 g/mol. The van der Waals surface area contributed by atoms with E-state index in [1.807, 2.05) is 0 Å². The van der Waals surface area contributed by atoms with Crippen LogP contribution in [0.4, 0.5) is 5.69 Å². The predicted molar refractivity (Wildman–Crippen MR) is 74.7 cm³/mol. The van der Waals surface area contributed by atoms with E-state index in [0.717, 1.165) is 0 Å². The Morgan fingerprint density at radius 3 is 2.53 bits per heavy atom. The van der Waals surface area contributed by atoms with Crippen LogP contribution in [0.3, 0.4) is 0 Å². The quantitative estimate of drug-likeness (QED) is 0.525. The molecule has 0 fully saturated rings. The van der Waals surface area contributed by atoms with E-state index in [-0.39, 0.29) is 17.0 Å². The Hall–Kier alpha value is -1.62. The first-order valence-corrected chi connectivity index (χ1v) is 6.30. The van der Waals surface area contributed by atoms with Crippen LogP contribution in [0.2, 0.25) is 0 Å². The number of hydrogen-bond donors (Lipinski definition) is 1. The van der Waals surface area contributed by atoms with Crippen LogP contribution in [0.15, 0.2) is 18.2 Å². The molecule has 0 radical (unpaired) electrons. The summed E-state index contributed by atoms with van der Waals surface area (Å²) in [6, 6.07) is 4.21. The molecule has 0 aliphatic carbocycles. The zero-order valence-corrected chi connectivity index (χ0v) is 12.1. The average Bonchev–Trinajstić information content (AvgIpc) is 2.28. The molecule has 0 heterocycles. The minimum atomic E-state index is -0.601. The van der Waals surface area contributed by atoms with E-state index >= 15 is 0 Å². The second-order valence-electron chi connectivity index (χ2n) is 5.05. The average molecular weight is 285 g/mol. The third-order valence-corrected chi connectivity index (χ3v) is 3.65. The summed E-state index contributed by atoms with van der Waals surface area (Å²) in [5, 5.41) is 13.3. The van der Waals surface area contributed by atoms with Crippen LogP contribution in [0.5, 0.6) is 0 Å². The number of nitrogens with zero attached hydrogens (tertiary/aromatic N) is 1.